The van der Waals surface area contributed by atoms with Gasteiger partial charge in [0, 0.05) is 0 Å². The van der Waals surface area contributed by atoms with Crippen molar-refractivity contribution >= 4 is 22.5 Å². The van der Waals surface area contributed by atoms with Crippen molar-refractivity contribution < 1.29 is 8.42 Å². The summed E-state index contributed by atoms with van der Waals surface area (Å²) in [5, 5.41) is 0. The highest BCUT2D eigenvalue weighted by Crippen LogP contribution is 2.21. The summed E-state index contributed by atoms with van der Waals surface area (Å²) in [6.07, 6.45) is 1.52. The van der Waals surface area contributed by atoms with Crippen molar-refractivity contribution in [2.24, 2.45) is 0 Å². The van der Waals surface area contributed by atoms with Crippen LogP contribution in [0.5, 0.6) is 0 Å². The summed E-state index contributed by atoms with van der Waals surface area (Å²) in [6.45, 7) is 0. The quantitative estimate of drug-likeness (QED) is 0.511. The molecule has 0 aromatic heterocycles. The molecular weight excluding hydrogens is 144 g/mol. The SMILES string of the molecule is O=S1(=O)CCCC1S. The highest BCUT2D eigenvalue weighted by molar-refractivity contribution is 8.05. The molecule has 0 aromatic carbocycles. The number of hydrogen-bond acceptors (Lipinski definition) is 3. The van der Waals surface area contributed by atoms with Gasteiger partial charge in [0.05, 0.1) is 5.75 Å². The minimum absolute atomic E-state index is 0.334. The van der Waals surface area contributed by atoms with E-state index >= 15 is 0 Å². The van der Waals surface area contributed by atoms with Crippen LogP contribution in [0.4, 0.5) is 0 Å². The second kappa shape index (κ2) is 1.92. The van der Waals surface area contributed by atoms with Gasteiger partial charge in [-0.15, -0.1) is 0 Å². The molecule has 48 valence electrons. The Balaban J connectivity index is 2.85. The van der Waals surface area contributed by atoms with Crippen molar-refractivity contribution in [2.45, 2.75) is 17.4 Å². The molecule has 0 N–H and O–H groups in total. The van der Waals surface area contributed by atoms with Gasteiger partial charge in [0.2, 0.25) is 0 Å². The molecule has 0 amide bonds. The predicted molar refractivity (Wildman–Crippen MR) is 35.8 cm³/mol. The van der Waals surface area contributed by atoms with Gasteiger partial charge in [-0.1, -0.05) is 0 Å². The molecule has 8 heavy (non-hydrogen) atoms. The maximum absolute atomic E-state index is 10.7. The predicted octanol–water partition coefficient (Wildman–Crippen LogP) is 0.451. The number of thiol groups is 1. The van der Waals surface area contributed by atoms with Gasteiger partial charge < -0.3 is 0 Å². The first-order valence-electron chi connectivity index (χ1n) is 2.52. The molecule has 1 unspecified atom stereocenters. The lowest BCUT2D eigenvalue weighted by Crippen LogP contribution is -2.07. The summed E-state index contributed by atoms with van der Waals surface area (Å²) in [5.74, 6) is 0.334. The first-order valence-corrected chi connectivity index (χ1v) is 4.76. The second-order valence-corrected chi connectivity index (χ2v) is 5.24. The number of rotatable bonds is 0. The van der Waals surface area contributed by atoms with E-state index in [0.717, 1.165) is 12.8 Å². The molecule has 0 aliphatic carbocycles. The van der Waals surface area contributed by atoms with Crippen LogP contribution in [0, 0.1) is 0 Å². The molecule has 1 saturated heterocycles. The van der Waals surface area contributed by atoms with E-state index in [0.29, 0.717) is 5.75 Å². The van der Waals surface area contributed by atoms with Crippen LogP contribution in [0.3, 0.4) is 0 Å². The van der Waals surface area contributed by atoms with E-state index in [-0.39, 0.29) is 4.58 Å². The smallest absolute Gasteiger partial charge is 0.162 e. The summed E-state index contributed by atoms with van der Waals surface area (Å²) in [5.41, 5.74) is 0. The molecule has 1 heterocycles. The molecule has 1 fully saturated rings. The molecule has 0 radical (unpaired) electrons. The van der Waals surface area contributed by atoms with Crippen LogP contribution in [-0.2, 0) is 9.84 Å². The Morgan fingerprint density at radius 2 is 2.12 bits per heavy atom. The van der Waals surface area contributed by atoms with Gasteiger partial charge >= 0.3 is 0 Å². The first-order chi connectivity index (χ1) is 3.63. The Morgan fingerprint density at radius 1 is 1.50 bits per heavy atom. The van der Waals surface area contributed by atoms with E-state index in [2.05, 4.69) is 12.6 Å². The van der Waals surface area contributed by atoms with E-state index in [1.807, 2.05) is 0 Å². The Labute approximate surface area is 54.6 Å². The van der Waals surface area contributed by atoms with E-state index < -0.39 is 9.84 Å². The first kappa shape index (κ1) is 6.42. The molecule has 2 nitrogen and oxygen atoms in total. The van der Waals surface area contributed by atoms with Gasteiger partial charge in [-0.25, -0.2) is 8.42 Å². The molecule has 1 aliphatic heterocycles. The fraction of sp³-hybridized carbons (Fsp3) is 1.00. The van der Waals surface area contributed by atoms with Crippen LogP contribution < -0.4 is 0 Å². The highest BCUT2D eigenvalue weighted by atomic mass is 32.2. The molecule has 1 rings (SSSR count). The molecular formula is C4H8O2S2. The molecule has 0 aromatic rings. The lowest BCUT2D eigenvalue weighted by molar-refractivity contribution is 0.600. The molecule has 0 bridgehead atoms. The van der Waals surface area contributed by atoms with Crippen molar-refractivity contribution in [3.63, 3.8) is 0 Å². The van der Waals surface area contributed by atoms with Crippen molar-refractivity contribution in [3.8, 4) is 0 Å². The maximum Gasteiger partial charge on any atom is 0.162 e. The summed E-state index contributed by atoms with van der Waals surface area (Å²) < 4.78 is 21.0. The molecule has 1 aliphatic rings. The summed E-state index contributed by atoms with van der Waals surface area (Å²) >= 11 is 3.89. The third-order valence-corrected chi connectivity index (χ3v) is 4.44. The Kier molecular flexibility index (Phi) is 1.54. The minimum Gasteiger partial charge on any atom is -0.228 e. The lowest BCUT2D eigenvalue weighted by atomic mass is 10.4. The van der Waals surface area contributed by atoms with Crippen LogP contribution in [0.15, 0.2) is 0 Å². The van der Waals surface area contributed by atoms with Crippen molar-refractivity contribution in [2.75, 3.05) is 5.75 Å². The van der Waals surface area contributed by atoms with Gasteiger partial charge in [-0.3, -0.25) is 0 Å². The summed E-state index contributed by atoms with van der Waals surface area (Å²) in [4.78, 5) is 0. The topological polar surface area (TPSA) is 34.1 Å². The van der Waals surface area contributed by atoms with Crippen LogP contribution >= 0.6 is 12.6 Å². The second-order valence-electron chi connectivity index (χ2n) is 1.96. The Bertz CT molecular complexity index is 170. The zero-order valence-corrected chi connectivity index (χ0v) is 6.08. The molecule has 4 heteroatoms. The average Bonchev–Trinajstić information content (AvgIpc) is 1.86. The van der Waals surface area contributed by atoms with Crippen LogP contribution in [0.1, 0.15) is 12.8 Å². The van der Waals surface area contributed by atoms with Gasteiger partial charge in [-0.2, -0.15) is 12.6 Å². The van der Waals surface area contributed by atoms with E-state index in [4.69, 9.17) is 0 Å². The van der Waals surface area contributed by atoms with Gasteiger partial charge in [0.25, 0.3) is 0 Å². The fourth-order valence-corrected chi connectivity index (χ4v) is 2.64. The average molecular weight is 152 g/mol. The number of hydrogen-bond donors (Lipinski definition) is 1. The normalized spacial score (nSPS) is 35.4. The maximum atomic E-state index is 10.7. The molecule has 1 atom stereocenters. The zero-order chi connectivity index (χ0) is 6.20. The minimum atomic E-state index is -2.76. The summed E-state index contributed by atoms with van der Waals surface area (Å²) in [6, 6.07) is 0. The van der Waals surface area contributed by atoms with E-state index in [1.54, 1.807) is 0 Å². The van der Waals surface area contributed by atoms with Gasteiger partial charge in [0.15, 0.2) is 9.84 Å². The highest BCUT2D eigenvalue weighted by Gasteiger charge is 2.27. The third-order valence-electron chi connectivity index (χ3n) is 1.29. The molecule has 0 spiro atoms. The lowest BCUT2D eigenvalue weighted by Gasteiger charge is -1.95. The van der Waals surface area contributed by atoms with Crippen LogP contribution in [0.2, 0.25) is 0 Å². The molecule has 0 saturated carbocycles. The largest absolute Gasteiger partial charge is 0.228 e. The van der Waals surface area contributed by atoms with Gasteiger partial charge in [-0.05, 0) is 12.8 Å². The Morgan fingerprint density at radius 3 is 2.25 bits per heavy atom. The third kappa shape index (κ3) is 1.00. The monoisotopic (exact) mass is 152 g/mol. The van der Waals surface area contributed by atoms with Crippen LogP contribution in [-0.4, -0.2) is 18.8 Å². The van der Waals surface area contributed by atoms with Crippen molar-refractivity contribution in [1.29, 1.82) is 0 Å². The Hall–Kier alpha value is 0.300. The number of sulfone groups is 1. The zero-order valence-electron chi connectivity index (χ0n) is 4.37. The van der Waals surface area contributed by atoms with E-state index in [9.17, 15) is 8.42 Å². The summed E-state index contributed by atoms with van der Waals surface area (Å²) in [7, 11) is -2.76. The van der Waals surface area contributed by atoms with Crippen molar-refractivity contribution in [1.82, 2.24) is 0 Å². The van der Waals surface area contributed by atoms with E-state index in [1.165, 1.54) is 0 Å². The van der Waals surface area contributed by atoms with Crippen LogP contribution in [0.25, 0.3) is 0 Å². The van der Waals surface area contributed by atoms with Crippen molar-refractivity contribution in [3.05, 3.63) is 0 Å². The fourth-order valence-electron chi connectivity index (χ4n) is 0.775. The standard InChI is InChI=1S/C4H8O2S2/c5-8(6)3-1-2-4(8)7/h4,7H,1-3H2. The van der Waals surface area contributed by atoms with Gasteiger partial charge in [0.1, 0.15) is 4.58 Å².